The Labute approximate surface area is 106 Å². The van der Waals surface area contributed by atoms with Crippen LogP contribution in [0.3, 0.4) is 0 Å². The van der Waals surface area contributed by atoms with Crippen LogP contribution in [-0.4, -0.2) is 23.4 Å². The van der Waals surface area contributed by atoms with E-state index in [-0.39, 0.29) is 34.9 Å². The van der Waals surface area contributed by atoms with Gasteiger partial charge in [0.2, 0.25) is 5.70 Å². The molecule has 0 aromatic heterocycles. The van der Waals surface area contributed by atoms with Crippen LogP contribution in [0.2, 0.25) is 0 Å². The molecule has 1 saturated carbocycles. The van der Waals surface area contributed by atoms with Gasteiger partial charge >= 0.3 is 0 Å². The topological polar surface area (TPSA) is 46.1 Å². The van der Waals surface area contributed by atoms with E-state index in [2.05, 4.69) is 21.8 Å². The summed E-state index contributed by atoms with van der Waals surface area (Å²) >= 11 is 0. The monoisotopic (exact) mass is 241 g/mol. The number of nitrogens with zero attached hydrogens (tertiary/aromatic N) is 3. The fourth-order valence-electron chi connectivity index (χ4n) is 3.50. The van der Waals surface area contributed by atoms with Gasteiger partial charge in [-0.05, 0) is 19.3 Å². The quantitative estimate of drug-likeness (QED) is 0.600. The number of rotatable bonds is 0. The van der Waals surface area contributed by atoms with Crippen LogP contribution in [0, 0.1) is 23.8 Å². The maximum Gasteiger partial charge on any atom is 0.226 e. The Morgan fingerprint density at radius 3 is 2.83 bits per heavy atom. The molecule has 2 aliphatic carbocycles. The van der Waals surface area contributed by atoms with E-state index in [4.69, 9.17) is 6.57 Å². The summed E-state index contributed by atoms with van der Waals surface area (Å²) in [7, 11) is 0. The minimum atomic E-state index is -0.281. The SMILES string of the molecule is [C-]#[N+]C1=C[C@]2(C)C3=NC(C)N=C3C[C@H]2[C@H](C)C1=O. The van der Waals surface area contributed by atoms with Crippen molar-refractivity contribution in [2.75, 3.05) is 0 Å². The molecule has 4 atom stereocenters. The number of carbonyl (C=O) groups excluding carboxylic acids is 1. The lowest BCUT2D eigenvalue weighted by molar-refractivity contribution is -0.121. The van der Waals surface area contributed by atoms with Crippen LogP contribution in [0.5, 0.6) is 0 Å². The first-order valence-corrected chi connectivity index (χ1v) is 6.27. The van der Waals surface area contributed by atoms with Crippen molar-refractivity contribution >= 4 is 17.2 Å². The van der Waals surface area contributed by atoms with Crippen LogP contribution in [0.25, 0.3) is 4.85 Å². The molecule has 18 heavy (non-hydrogen) atoms. The smallest absolute Gasteiger partial charge is 0.226 e. The molecular weight excluding hydrogens is 226 g/mol. The van der Waals surface area contributed by atoms with Crippen LogP contribution < -0.4 is 0 Å². The summed E-state index contributed by atoms with van der Waals surface area (Å²) < 4.78 is 0. The van der Waals surface area contributed by atoms with E-state index in [1.165, 1.54) is 0 Å². The van der Waals surface area contributed by atoms with E-state index in [9.17, 15) is 4.79 Å². The largest absolute Gasteiger partial charge is 0.308 e. The summed E-state index contributed by atoms with van der Waals surface area (Å²) in [6.07, 6.45) is 2.63. The molecular formula is C14H15N3O. The number of allylic oxidation sites excluding steroid dienone is 2. The van der Waals surface area contributed by atoms with Gasteiger partial charge in [-0.15, -0.1) is 0 Å². The third-order valence-corrected chi connectivity index (χ3v) is 4.45. The zero-order chi connectivity index (χ0) is 13.1. The summed E-state index contributed by atoms with van der Waals surface area (Å²) in [5.74, 6) is 0.0672. The Morgan fingerprint density at radius 1 is 1.44 bits per heavy atom. The Balaban J connectivity index is 2.17. The summed E-state index contributed by atoms with van der Waals surface area (Å²) in [5.41, 5.74) is 2.03. The number of fused-ring (bicyclic) bond motifs is 3. The van der Waals surface area contributed by atoms with Gasteiger partial charge in [-0.1, -0.05) is 19.9 Å². The molecule has 0 radical (unpaired) electrons. The average molecular weight is 241 g/mol. The molecule has 1 aliphatic heterocycles. The van der Waals surface area contributed by atoms with Crippen molar-refractivity contribution in [3.63, 3.8) is 0 Å². The first-order valence-electron chi connectivity index (χ1n) is 6.27. The van der Waals surface area contributed by atoms with E-state index in [0.717, 1.165) is 17.8 Å². The lowest BCUT2D eigenvalue weighted by Gasteiger charge is -2.36. The maximum absolute atomic E-state index is 12.1. The van der Waals surface area contributed by atoms with Gasteiger partial charge in [0.1, 0.15) is 6.17 Å². The van der Waals surface area contributed by atoms with Crippen molar-refractivity contribution in [2.45, 2.75) is 33.4 Å². The lowest BCUT2D eigenvalue weighted by Crippen LogP contribution is -2.39. The summed E-state index contributed by atoms with van der Waals surface area (Å²) in [6, 6.07) is 0. The van der Waals surface area contributed by atoms with E-state index in [1.807, 2.05) is 19.9 Å². The van der Waals surface area contributed by atoms with Crippen LogP contribution in [0.15, 0.2) is 21.8 Å². The highest BCUT2D eigenvalue weighted by atomic mass is 16.1. The molecule has 92 valence electrons. The molecule has 0 aromatic rings. The summed E-state index contributed by atoms with van der Waals surface area (Å²) in [4.78, 5) is 24.6. The van der Waals surface area contributed by atoms with Gasteiger partial charge in [0, 0.05) is 11.3 Å². The average Bonchev–Trinajstić information content (AvgIpc) is 2.81. The highest BCUT2D eigenvalue weighted by Crippen LogP contribution is 2.50. The third kappa shape index (κ3) is 1.22. The van der Waals surface area contributed by atoms with Crippen molar-refractivity contribution in [1.29, 1.82) is 0 Å². The number of aliphatic imine (C=N–C) groups is 2. The number of hydrogen-bond acceptors (Lipinski definition) is 3. The van der Waals surface area contributed by atoms with Gasteiger partial charge < -0.3 is 4.79 Å². The Hall–Kier alpha value is -1.76. The molecule has 0 amide bonds. The first kappa shape index (κ1) is 11.3. The molecule has 0 aromatic carbocycles. The highest BCUT2D eigenvalue weighted by molar-refractivity contribution is 6.48. The maximum atomic E-state index is 12.1. The predicted octanol–water partition coefficient (Wildman–Crippen LogP) is 2.28. The number of ketones is 1. The lowest BCUT2D eigenvalue weighted by atomic mass is 9.67. The van der Waals surface area contributed by atoms with Gasteiger partial charge in [-0.3, -0.25) is 9.98 Å². The molecule has 0 bridgehead atoms. The van der Waals surface area contributed by atoms with Crippen molar-refractivity contribution < 1.29 is 4.79 Å². The fourth-order valence-corrected chi connectivity index (χ4v) is 3.50. The molecule has 4 heteroatoms. The van der Waals surface area contributed by atoms with Gasteiger partial charge in [0.05, 0.1) is 18.0 Å². The van der Waals surface area contributed by atoms with E-state index in [1.54, 1.807) is 0 Å². The normalized spacial score (nSPS) is 41.6. The molecule has 0 N–H and O–H groups in total. The number of carbonyl (C=O) groups is 1. The molecule has 3 aliphatic rings. The number of Topliss-reactive ketones (excluding diaryl/α,β-unsaturated/α-hetero) is 1. The van der Waals surface area contributed by atoms with Gasteiger partial charge in [-0.25, -0.2) is 4.85 Å². The minimum Gasteiger partial charge on any atom is -0.308 e. The van der Waals surface area contributed by atoms with E-state index in [0.29, 0.717) is 0 Å². The molecule has 1 fully saturated rings. The Bertz CT molecular complexity index is 578. The predicted molar refractivity (Wildman–Crippen MR) is 69.4 cm³/mol. The Morgan fingerprint density at radius 2 is 2.17 bits per heavy atom. The second kappa shape index (κ2) is 3.38. The molecule has 0 spiro atoms. The highest BCUT2D eigenvalue weighted by Gasteiger charge is 2.54. The molecule has 0 saturated heterocycles. The zero-order valence-electron chi connectivity index (χ0n) is 10.8. The van der Waals surface area contributed by atoms with Crippen LogP contribution in [-0.2, 0) is 4.79 Å². The summed E-state index contributed by atoms with van der Waals surface area (Å²) in [5, 5.41) is 0. The van der Waals surface area contributed by atoms with Crippen molar-refractivity contribution in [2.24, 2.45) is 27.2 Å². The zero-order valence-corrected chi connectivity index (χ0v) is 10.8. The van der Waals surface area contributed by atoms with Crippen LogP contribution in [0.4, 0.5) is 0 Å². The van der Waals surface area contributed by atoms with Gasteiger partial charge in [-0.2, -0.15) is 0 Å². The van der Waals surface area contributed by atoms with E-state index >= 15 is 0 Å². The van der Waals surface area contributed by atoms with Crippen LogP contribution >= 0.6 is 0 Å². The minimum absolute atomic E-state index is 0.00880. The van der Waals surface area contributed by atoms with E-state index < -0.39 is 0 Å². The first-order chi connectivity index (χ1) is 8.47. The molecule has 1 unspecified atom stereocenters. The number of hydrogen-bond donors (Lipinski definition) is 0. The molecule has 4 nitrogen and oxygen atoms in total. The molecule has 3 rings (SSSR count). The van der Waals surface area contributed by atoms with Gasteiger partial charge in [0.15, 0.2) is 5.78 Å². The fraction of sp³-hybridized carbons (Fsp3) is 0.571. The van der Waals surface area contributed by atoms with Gasteiger partial charge in [0.25, 0.3) is 0 Å². The summed E-state index contributed by atoms with van der Waals surface area (Å²) in [6.45, 7) is 13.1. The molecule has 1 heterocycles. The Kier molecular flexibility index (Phi) is 2.13. The van der Waals surface area contributed by atoms with Crippen LogP contribution in [0.1, 0.15) is 27.2 Å². The van der Waals surface area contributed by atoms with Crippen molar-refractivity contribution in [1.82, 2.24) is 0 Å². The standard InChI is InChI=1S/C14H15N3O/c1-7-9-5-10-13(17-8(2)16-10)14(9,3)6-11(15-4)12(7)18/h6-9H,5H2,1-3H3/t7-,8?,9-,14-/m0/s1. The second-order valence-corrected chi connectivity index (χ2v) is 5.57. The van der Waals surface area contributed by atoms with Crippen molar-refractivity contribution in [3.8, 4) is 0 Å². The van der Waals surface area contributed by atoms with Crippen molar-refractivity contribution in [3.05, 3.63) is 23.2 Å². The third-order valence-electron chi connectivity index (χ3n) is 4.45. The second-order valence-electron chi connectivity index (χ2n) is 5.57.